The first-order valence-corrected chi connectivity index (χ1v) is 8.10. The van der Waals surface area contributed by atoms with Crippen molar-refractivity contribution >= 4 is 58.0 Å². The van der Waals surface area contributed by atoms with E-state index in [1.165, 1.54) is 0 Å². The minimum atomic E-state index is -0.592. The fourth-order valence-electron chi connectivity index (χ4n) is 2.31. The van der Waals surface area contributed by atoms with Crippen molar-refractivity contribution in [2.45, 2.75) is 6.92 Å². The second-order valence-corrected chi connectivity index (χ2v) is 6.37. The number of nitrogens with zero attached hydrogens (tertiary/aromatic N) is 1. The van der Waals surface area contributed by atoms with Crippen LogP contribution in [0.3, 0.4) is 0 Å². The zero-order valence-electron chi connectivity index (χ0n) is 12.4. The zero-order chi connectivity index (χ0) is 17.4. The molecule has 2 aromatic rings. The molecule has 1 heterocycles. The van der Waals surface area contributed by atoms with E-state index in [4.69, 9.17) is 34.8 Å². The standard InChI is InChI=1S/C17H11Cl3N2O2/c1-9-12(19)3-2-4-13(9)21-15-14(20)16(23)22(17(15)24)11-7-5-10(18)6-8-11/h2-8,21H,1H3. The molecule has 0 spiro atoms. The number of halogens is 3. The van der Waals surface area contributed by atoms with E-state index in [1.54, 1.807) is 49.4 Å². The van der Waals surface area contributed by atoms with E-state index in [1.807, 2.05) is 0 Å². The monoisotopic (exact) mass is 380 g/mol. The average Bonchev–Trinajstić information content (AvgIpc) is 2.76. The van der Waals surface area contributed by atoms with Gasteiger partial charge < -0.3 is 5.32 Å². The molecule has 0 aliphatic carbocycles. The SMILES string of the molecule is Cc1c(Cl)cccc1NC1=C(Cl)C(=O)N(c2ccc(Cl)cc2)C1=O. The number of imide groups is 1. The minimum absolute atomic E-state index is 0.0157. The van der Waals surface area contributed by atoms with Crippen LogP contribution >= 0.6 is 34.8 Å². The number of amides is 2. The van der Waals surface area contributed by atoms with E-state index in [2.05, 4.69) is 5.32 Å². The quantitative estimate of drug-likeness (QED) is 0.781. The first kappa shape index (κ1) is 16.8. The predicted octanol–water partition coefficient (Wildman–Crippen LogP) is 4.74. The summed E-state index contributed by atoms with van der Waals surface area (Å²) in [6.07, 6.45) is 0. The third-order valence-electron chi connectivity index (χ3n) is 3.64. The van der Waals surface area contributed by atoms with Gasteiger partial charge in [-0.2, -0.15) is 0 Å². The molecule has 0 saturated carbocycles. The van der Waals surface area contributed by atoms with Gasteiger partial charge in [-0.15, -0.1) is 0 Å². The summed E-state index contributed by atoms with van der Waals surface area (Å²) in [7, 11) is 0. The number of anilines is 2. The van der Waals surface area contributed by atoms with Crippen molar-refractivity contribution in [2.75, 3.05) is 10.2 Å². The summed E-state index contributed by atoms with van der Waals surface area (Å²) in [4.78, 5) is 26.0. The van der Waals surface area contributed by atoms with Gasteiger partial charge in [-0.3, -0.25) is 9.59 Å². The molecule has 3 rings (SSSR count). The Morgan fingerprint density at radius 2 is 1.58 bits per heavy atom. The molecule has 0 unspecified atom stereocenters. The van der Waals surface area contributed by atoms with Gasteiger partial charge in [-0.25, -0.2) is 4.90 Å². The summed E-state index contributed by atoms with van der Waals surface area (Å²) in [6, 6.07) is 11.6. The molecule has 0 saturated heterocycles. The summed E-state index contributed by atoms with van der Waals surface area (Å²) in [6.45, 7) is 1.80. The molecule has 2 amide bonds. The van der Waals surface area contributed by atoms with Crippen molar-refractivity contribution in [1.29, 1.82) is 0 Å². The van der Waals surface area contributed by atoms with Gasteiger partial charge in [0.2, 0.25) is 0 Å². The van der Waals surface area contributed by atoms with Crippen LogP contribution in [-0.2, 0) is 9.59 Å². The number of hydrogen-bond acceptors (Lipinski definition) is 3. The van der Waals surface area contributed by atoms with Crippen LogP contribution in [0.5, 0.6) is 0 Å². The molecule has 24 heavy (non-hydrogen) atoms. The lowest BCUT2D eigenvalue weighted by molar-refractivity contribution is -0.120. The van der Waals surface area contributed by atoms with Crippen molar-refractivity contribution in [2.24, 2.45) is 0 Å². The van der Waals surface area contributed by atoms with Crippen molar-refractivity contribution in [3.63, 3.8) is 0 Å². The van der Waals surface area contributed by atoms with Crippen LogP contribution in [0.25, 0.3) is 0 Å². The molecular formula is C17H11Cl3N2O2. The Kier molecular flexibility index (Phi) is 4.54. The number of hydrogen-bond donors (Lipinski definition) is 1. The van der Waals surface area contributed by atoms with Gasteiger partial charge in [0.25, 0.3) is 11.8 Å². The lowest BCUT2D eigenvalue weighted by atomic mass is 10.2. The molecule has 0 radical (unpaired) electrons. The number of benzene rings is 2. The Balaban J connectivity index is 1.95. The van der Waals surface area contributed by atoms with E-state index < -0.39 is 11.8 Å². The lowest BCUT2D eigenvalue weighted by Gasteiger charge is -2.15. The van der Waals surface area contributed by atoms with E-state index in [0.29, 0.717) is 21.4 Å². The molecular weight excluding hydrogens is 371 g/mol. The Labute approximate surface area is 153 Å². The molecule has 1 aliphatic heterocycles. The largest absolute Gasteiger partial charge is 0.349 e. The van der Waals surface area contributed by atoms with Gasteiger partial charge in [0.15, 0.2) is 0 Å². The molecule has 0 aromatic heterocycles. The Morgan fingerprint density at radius 3 is 2.25 bits per heavy atom. The molecule has 0 fully saturated rings. The van der Waals surface area contributed by atoms with Crippen LogP contribution in [0.1, 0.15) is 5.56 Å². The van der Waals surface area contributed by atoms with Crippen LogP contribution in [0.2, 0.25) is 10.0 Å². The van der Waals surface area contributed by atoms with Crippen LogP contribution in [0, 0.1) is 6.92 Å². The van der Waals surface area contributed by atoms with Crippen LogP contribution in [-0.4, -0.2) is 11.8 Å². The van der Waals surface area contributed by atoms with E-state index in [9.17, 15) is 9.59 Å². The highest BCUT2D eigenvalue weighted by molar-refractivity contribution is 6.53. The van der Waals surface area contributed by atoms with Crippen LogP contribution in [0.15, 0.2) is 53.2 Å². The Hall–Kier alpha value is -2.01. The normalized spacial score (nSPS) is 14.6. The fraction of sp³-hybridized carbons (Fsp3) is 0.0588. The molecule has 7 heteroatoms. The van der Waals surface area contributed by atoms with Gasteiger partial charge >= 0.3 is 0 Å². The highest BCUT2D eigenvalue weighted by Crippen LogP contribution is 2.32. The smallest absolute Gasteiger partial charge is 0.283 e. The highest BCUT2D eigenvalue weighted by Gasteiger charge is 2.39. The Morgan fingerprint density at radius 1 is 0.917 bits per heavy atom. The predicted molar refractivity (Wildman–Crippen MR) is 96.6 cm³/mol. The van der Waals surface area contributed by atoms with Crippen molar-refractivity contribution in [3.05, 3.63) is 68.8 Å². The van der Waals surface area contributed by atoms with Gasteiger partial charge in [-0.05, 0) is 48.9 Å². The maximum Gasteiger partial charge on any atom is 0.283 e. The third kappa shape index (κ3) is 2.88. The first-order valence-electron chi connectivity index (χ1n) is 6.96. The summed E-state index contributed by atoms with van der Waals surface area (Å²) in [5, 5.41) is 3.79. The Bertz CT molecular complexity index is 876. The van der Waals surface area contributed by atoms with E-state index in [-0.39, 0.29) is 10.7 Å². The highest BCUT2D eigenvalue weighted by atomic mass is 35.5. The summed E-state index contributed by atoms with van der Waals surface area (Å²) in [5.74, 6) is -1.13. The van der Waals surface area contributed by atoms with Crippen LogP contribution in [0.4, 0.5) is 11.4 Å². The molecule has 0 atom stereocenters. The summed E-state index contributed by atoms with van der Waals surface area (Å²) < 4.78 is 0. The molecule has 4 nitrogen and oxygen atoms in total. The molecule has 122 valence electrons. The average molecular weight is 382 g/mol. The fourth-order valence-corrected chi connectivity index (χ4v) is 2.83. The molecule has 0 bridgehead atoms. The topological polar surface area (TPSA) is 49.4 Å². The maximum atomic E-state index is 12.6. The second-order valence-electron chi connectivity index (χ2n) is 5.15. The lowest BCUT2D eigenvalue weighted by Crippen LogP contribution is -2.32. The molecule has 2 aromatic carbocycles. The second kappa shape index (κ2) is 6.48. The van der Waals surface area contributed by atoms with E-state index >= 15 is 0 Å². The van der Waals surface area contributed by atoms with Crippen molar-refractivity contribution in [3.8, 4) is 0 Å². The van der Waals surface area contributed by atoms with Crippen molar-refractivity contribution < 1.29 is 9.59 Å². The maximum absolute atomic E-state index is 12.6. The molecule has 1 aliphatic rings. The van der Waals surface area contributed by atoms with Gasteiger partial charge in [0.05, 0.1) is 5.69 Å². The van der Waals surface area contributed by atoms with Gasteiger partial charge in [0, 0.05) is 15.7 Å². The number of carbonyl (C=O) groups is 2. The number of rotatable bonds is 3. The number of nitrogens with one attached hydrogen (secondary N) is 1. The third-order valence-corrected chi connectivity index (χ3v) is 4.65. The van der Waals surface area contributed by atoms with Crippen molar-refractivity contribution in [1.82, 2.24) is 0 Å². The summed E-state index contributed by atoms with van der Waals surface area (Å²) in [5.41, 5.74) is 1.77. The molecule has 1 N–H and O–H groups in total. The summed E-state index contributed by atoms with van der Waals surface area (Å²) >= 11 is 18.0. The van der Waals surface area contributed by atoms with Crippen LogP contribution < -0.4 is 10.2 Å². The van der Waals surface area contributed by atoms with E-state index in [0.717, 1.165) is 10.5 Å². The van der Waals surface area contributed by atoms with Gasteiger partial charge in [0.1, 0.15) is 10.7 Å². The minimum Gasteiger partial charge on any atom is -0.349 e. The van der Waals surface area contributed by atoms with Gasteiger partial charge in [-0.1, -0.05) is 40.9 Å². The zero-order valence-corrected chi connectivity index (χ0v) is 14.7. The number of carbonyl (C=O) groups excluding carboxylic acids is 2. The first-order chi connectivity index (χ1) is 11.4.